The van der Waals surface area contributed by atoms with Gasteiger partial charge >= 0.3 is 0 Å². The van der Waals surface area contributed by atoms with Gasteiger partial charge < -0.3 is 10.6 Å². The van der Waals surface area contributed by atoms with E-state index in [4.69, 9.17) is 16.9 Å². The first-order chi connectivity index (χ1) is 12.6. The van der Waals surface area contributed by atoms with Crippen LogP contribution in [0.15, 0.2) is 60.8 Å². The van der Waals surface area contributed by atoms with Crippen LogP contribution in [0.25, 0.3) is 0 Å². The first-order valence-electron chi connectivity index (χ1n) is 7.86. The van der Waals surface area contributed by atoms with E-state index in [2.05, 4.69) is 21.7 Å². The van der Waals surface area contributed by atoms with Crippen LogP contribution in [0.2, 0.25) is 5.02 Å². The molecular weight excluding hydrogens is 348 g/mol. The smallest absolute Gasteiger partial charge is 0.274 e. The van der Waals surface area contributed by atoms with E-state index in [1.807, 2.05) is 13.0 Å². The molecule has 0 bridgehead atoms. The van der Waals surface area contributed by atoms with Gasteiger partial charge in [-0.2, -0.15) is 5.26 Å². The second-order valence-corrected chi connectivity index (χ2v) is 6.02. The minimum atomic E-state index is -0.312. The van der Waals surface area contributed by atoms with Crippen molar-refractivity contribution < 1.29 is 4.79 Å². The van der Waals surface area contributed by atoms with Gasteiger partial charge in [-0.05, 0) is 55.0 Å². The van der Waals surface area contributed by atoms with Gasteiger partial charge in [0.15, 0.2) is 0 Å². The molecule has 0 aliphatic rings. The second kappa shape index (κ2) is 7.68. The van der Waals surface area contributed by atoms with Gasteiger partial charge in [0.05, 0.1) is 23.5 Å². The van der Waals surface area contributed by atoms with Crippen molar-refractivity contribution in [1.82, 2.24) is 4.98 Å². The van der Waals surface area contributed by atoms with Crippen LogP contribution in [0.3, 0.4) is 0 Å². The molecule has 0 saturated carbocycles. The number of nitriles is 1. The number of carbonyl (C=O) groups is 1. The first kappa shape index (κ1) is 17.5. The molecule has 128 valence electrons. The van der Waals surface area contributed by atoms with Crippen LogP contribution < -0.4 is 10.6 Å². The Morgan fingerprint density at radius 2 is 1.92 bits per heavy atom. The summed E-state index contributed by atoms with van der Waals surface area (Å²) in [4.78, 5) is 16.6. The van der Waals surface area contributed by atoms with Gasteiger partial charge in [0.25, 0.3) is 5.91 Å². The average molecular weight is 363 g/mol. The number of hydrogen-bond acceptors (Lipinski definition) is 4. The number of aromatic nitrogens is 1. The molecule has 0 aliphatic carbocycles. The van der Waals surface area contributed by atoms with Gasteiger partial charge in [-0.1, -0.05) is 23.7 Å². The highest BCUT2D eigenvalue weighted by Crippen LogP contribution is 2.23. The zero-order valence-corrected chi connectivity index (χ0v) is 14.7. The van der Waals surface area contributed by atoms with E-state index in [-0.39, 0.29) is 5.91 Å². The molecule has 5 nitrogen and oxygen atoms in total. The maximum atomic E-state index is 12.4. The van der Waals surface area contributed by atoms with Crippen molar-refractivity contribution in [2.24, 2.45) is 0 Å². The fourth-order valence-corrected chi connectivity index (χ4v) is 2.54. The van der Waals surface area contributed by atoms with Gasteiger partial charge in [0.1, 0.15) is 5.69 Å². The number of anilines is 3. The number of nitrogens with one attached hydrogen (secondary N) is 2. The zero-order chi connectivity index (χ0) is 18.5. The lowest BCUT2D eigenvalue weighted by Gasteiger charge is -2.10. The summed E-state index contributed by atoms with van der Waals surface area (Å²) in [7, 11) is 0. The summed E-state index contributed by atoms with van der Waals surface area (Å²) >= 11 is 6.07. The summed E-state index contributed by atoms with van der Waals surface area (Å²) in [5.41, 5.74) is 3.81. The number of carbonyl (C=O) groups excluding carboxylic acids is 1. The Hall–Kier alpha value is -3.36. The molecule has 0 atom stereocenters. The fourth-order valence-electron chi connectivity index (χ4n) is 2.36. The normalized spacial score (nSPS) is 10.0. The van der Waals surface area contributed by atoms with E-state index in [9.17, 15) is 4.79 Å². The molecule has 1 amide bonds. The number of pyridine rings is 1. The predicted octanol–water partition coefficient (Wildman–Crippen LogP) is 4.91. The lowest BCUT2D eigenvalue weighted by molar-refractivity contribution is 0.102. The van der Waals surface area contributed by atoms with Crippen LogP contribution >= 0.6 is 11.6 Å². The third kappa shape index (κ3) is 4.00. The van der Waals surface area contributed by atoms with E-state index in [0.717, 1.165) is 16.9 Å². The molecule has 2 N–H and O–H groups in total. The van der Waals surface area contributed by atoms with Crippen LogP contribution in [0.1, 0.15) is 21.6 Å². The highest BCUT2D eigenvalue weighted by molar-refractivity contribution is 6.31. The Labute approximate surface area is 156 Å². The molecule has 0 fully saturated rings. The van der Waals surface area contributed by atoms with Crippen molar-refractivity contribution in [3.8, 4) is 6.07 Å². The van der Waals surface area contributed by atoms with E-state index >= 15 is 0 Å². The summed E-state index contributed by atoms with van der Waals surface area (Å²) in [5.74, 6) is -0.312. The van der Waals surface area contributed by atoms with Crippen molar-refractivity contribution in [3.63, 3.8) is 0 Å². The van der Waals surface area contributed by atoms with Crippen LogP contribution in [-0.2, 0) is 0 Å². The minimum Gasteiger partial charge on any atom is -0.354 e. The lowest BCUT2D eigenvalue weighted by Crippen LogP contribution is -2.14. The summed E-state index contributed by atoms with van der Waals surface area (Å²) in [6, 6.07) is 17.9. The van der Waals surface area contributed by atoms with Gasteiger partial charge in [-0.3, -0.25) is 4.79 Å². The monoisotopic (exact) mass is 362 g/mol. The predicted molar refractivity (Wildman–Crippen MR) is 103 cm³/mol. The standard InChI is InChI=1S/C20H15ClN4O/c1-13-17(21)6-3-7-18(13)25-20(26)19-9-8-16(12-23-19)24-15-5-2-4-14(10-15)11-22/h2-10,12,24H,1H3,(H,25,26). The van der Waals surface area contributed by atoms with Gasteiger partial charge in [0, 0.05) is 16.4 Å². The fraction of sp³-hybridized carbons (Fsp3) is 0.0500. The molecule has 0 aliphatic heterocycles. The van der Waals surface area contributed by atoms with Crippen molar-refractivity contribution in [2.75, 3.05) is 10.6 Å². The summed E-state index contributed by atoms with van der Waals surface area (Å²) in [6.45, 7) is 1.84. The van der Waals surface area contributed by atoms with Crippen LogP contribution in [-0.4, -0.2) is 10.9 Å². The number of benzene rings is 2. The van der Waals surface area contributed by atoms with E-state index in [0.29, 0.717) is 22.0 Å². The Morgan fingerprint density at radius 3 is 2.65 bits per heavy atom. The molecule has 0 unspecified atom stereocenters. The molecule has 1 heterocycles. The van der Waals surface area contributed by atoms with Crippen LogP contribution in [0.4, 0.5) is 17.1 Å². The molecule has 0 saturated heterocycles. The topological polar surface area (TPSA) is 77.8 Å². The van der Waals surface area contributed by atoms with Crippen molar-refractivity contribution >= 4 is 34.6 Å². The summed E-state index contributed by atoms with van der Waals surface area (Å²) in [6.07, 6.45) is 1.57. The molecule has 0 radical (unpaired) electrons. The lowest BCUT2D eigenvalue weighted by atomic mass is 10.2. The highest BCUT2D eigenvalue weighted by atomic mass is 35.5. The van der Waals surface area contributed by atoms with Gasteiger partial charge in [-0.15, -0.1) is 0 Å². The van der Waals surface area contributed by atoms with Gasteiger partial charge in [-0.25, -0.2) is 4.98 Å². The molecule has 6 heteroatoms. The Morgan fingerprint density at radius 1 is 1.12 bits per heavy atom. The third-order valence-corrected chi connectivity index (χ3v) is 4.20. The first-order valence-corrected chi connectivity index (χ1v) is 8.24. The van der Waals surface area contributed by atoms with Crippen LogP contribution in [0.5, 0.6) is 0 Å². The van der Waals surface area contributed by atoms with Crippen molar-refractivity contribution in [3.05, 3.63) is 82.6 Å². The molecular formula is C20H15ClN4O. The third-order valence-electron chi connectivity index (χ3n) is 3.79. The number of amides is 1. The number of rotatable bonds is 4. The average Bonchev–Trinajstić information content (AvgIpc) is 2.66. The Kier molecular flexibility index (Phi) is 5.16. The molecule has 2 aromatic carbocycles. The largest absolute Gasteiger partial charge is 0.354 e. The quantitative estimate of drug-likeness (QED) is 0.691. The van der Waals surface area contributed by atoms with E-state index in [1.54, 1.807) is 54.7 Å². The molecule has 0 spiro atoms. The minimum absolute atomic E-state index is 0.292. The maximum absolute atomic E-state index is 12.4. The zero-order valence-electron chi connectivity index (χ0n) is 14.0. The summed E-state index contributed by atoms with van der Waals surface area (Å²) < 4.78 is 0. The SMILES string of the molecule is Cc1c(Cl)cccc1NC(=O)c1ccc(Nc2cccc(C#N)c2)cn1. The molecule has 26 heavy (non-hydrogen) atoms. The number of hydrogen-bond donors (Lipinski definition) is 2. The Balaban J connectivity index is 1.71. The number of nitrogens with zero attached hydrogens (tertiary/aromatic N) is 2. The molecule has 3 rings (SSSR count). The number of halogens is 1. The molecule has 3 aromatic rings. The van der Waals surface area contributed by atoms with Crippen molar-refractivity contribution in [1.29, 1.82) is 5.26 Å². The maximum Gasteiger partial charge on any atom is 0.274 e. The van der Waals surface area contributed by atoms with Gasteiger partial charge in [0.2, 0.25) is 0 Å². The van der Waals surface area contributed by atoms with Crippen LogP contribution in [0, 0.1) is 18.3 Å². The second-order valence-electron chi connectivity index (χ2n) is 5.62. The van der Waals surface area contributed by atoms with Crippen molar-refractivity contribution in [2.45, 2.75) is 6.92 Å². The Bertz CT molecular complexity index is 993. The summed E-state index contributed by atoms with van der Waals surface area (Å²) in [5, 5.41) is 15.5. The molecule has 1 aromatic heterocycles. The highest BCUT2D eigenvalue weighted by Gasteiger charge is 2.10. The van der Waals surface area contributed by atoms with E-state index < -0.39 is 0 Å². The van der Waals surface area contributed by atoms with E-state index in [1.165, 1.54) is 0 Å².